The van der Waals surface area contributed by atoms with Gasteiger partial charge < -0.3 is 10.6 Å². The van der Waals surface area contributed by atoms with Crippen LogP contribution in [0.2, 0.25) is 0 Å². The second-order valence-electron chi connectivity index (χ2n) is 10.1. The number of aromatic nitrogens is 6. The smallest absolute Gasteiger partial charge is 0.229 e. The number of anilines is 3. The number of benzene rings is 1. The van der Waals surface area contributed by atoms with E-state index in [-0.39, 0.29) is 23.7 Å². The Hall–Kier alpha value is -3.65. The fourth-order valence-electron chi connectivity index (χ4n) is 4.81. The summed E-state index contributed by atoms with van der Waals surface area (Å²) in [5, 5.41) is 27.8. The molecular weight excluding hydrogens is 447 g/mol. The summed E-state index contributed by atoms with van der Waals surface area (Å²) >= 11 is 0. The lowest BCUT2D eigenvalue weighted by Gasteiger charge is -2.53. The molecule has 2 aromatic heterocycles. The number of nitriles is 1. The molecule has 184 valence electrons. The Kier molecular flexibility index (Phi) is 6.67. The van der Waals surface area contributed by atoms with Crippen LogP contribution in [0.25, 0.3) is 11.4 Å². The fraction of sp³-hybridized carbons (Fsp3) is 0.500. The molecule has 10 nitrogen and oxygen atoms in total. The number of likely N-dealkylation sites (tertiary alicyclic amines) is 1. The minimum Gasteiger partial charge on any atom is -0.366 e. The van der Waals surface area contributed by atoms with Crippen LogP contribution in [0.3, 0.4) is 0 Å². The molecule has 1 aliphatic heterocycles. The lowest BCUT2D eigenvalue weighted by atomic mass is 9.77. The highest BCUT2D eigenvalue weighted by Crippen LogP contribution is 2.38. The van der Waals surface area contributed by atoms with Gasteiger partial charge in [-0.2, -0.15) is 10.2 Å². The van der Waals surface area contributed by atoms with Gasteiger partial charge in [0.25, 0.3) is 0 Å². The Morgan fingerprint density at radius 2 is 1.94 bits per heavy atom. The zero-order chi connectivity index (χ0) is 25.2. The molecule has 2 N–H and O–H groups in total. The zero-order valence-electron chi connectivity index (χ0n) is 20.7. The standard InChI is InChI=1S/C24H31FN10/c1-23(2)12-19(13-24(3,4)34(23)5)28-20-17(14-26)15-27-22(30-20)29-18-8-6-7-16(11-18)21-31-32-33-35(21)10-9-25/h6-8,11,15,19H,9-10,12-13H2,1-5H3,(H2,27,28,29,30). The van der Waals surface area contributed by atoms with Gasteiger partial charge >= 0.3 is 0 Å². The number of piperidine rings is 1. The van der Waals surface area contributed by atoms with Crippen LogP contribution in [0.1, 0.15) is 46.1 Å². The van der Waals surface area contributed by atoms with Crippen LogP contribution in [0.15, 0.2) is 30.5 Å². The van der Waals surface area contributed by atoms with Gasteiger partial charge in [-0.1, -0.05) is 12.1 Å². The Bertz CT molecular complexity index is 1210. The van der Waals surface area contributed by atoms with Gasteiger partial charge in [0.1, 0.15) is 24.1 Å². The quantitative estimate of drug-likeness (QED) is 0.522. The topological polar surface area (TPSA) is 120 Å². The highest BCUT2D eigenvalue weighted by atomic mass is 19.1. The van der Waals surface area contributed by atoms with Crippen molar-refractivity contribution in [2.45, 2.75) is 64.2 Å². The van der Waals surface area contributed by atoms with Gasteiger partial charge in [0.05, 0.1) is 12.7 Å². The van der Waals surface area contributed by atoms with Crippen LogP contribution < -0.4 is 10.6 Å². The molecule has 1 fully saturated rings. The molecule has 0 saturated carbocycles. The maximum atomic E-state index is 12.8. The normalized spacial score (nSPS) is 17.6. The molecule has 0 amide bonds. The third kappa shape index (κ3) is 5.22. The molecule has 0 spiro atoms. The molecule has 3 aromatic rings. The predicted molar refractivity (Wildman–Crippen MR) is 132 cm³/mol. The summed E-state index contributed by atoms with van der Waals surface area (Å²) in [5.74, 6) is 1.34. The zero-order valence-corrected chi connectivity index (χ0v) is 20.7. The number of rotatable bonds is 7. The summed E-state index contributed by atoms with van der Waals surface area (Å²) in [7, 11) is 2.16. The molecule has 11 heteroatoms. The van der Waals surface area contributed by atoms with Gasteiger partial charge in [0.2, 0.25) is 5.95 Å². The lowest BCUT2D eigenvalue weighted by molar-refractivity contribution is -0.00772. The van der Waals surface area contributed by atoms with Crippen molar-refractivity contribution in [2.75, 3.05) is 24.4 Å². The number of halogens is 1. The van der Waals surface area contributed by atoms with Gasteiger partial charge in [-0.3, -0.25) is 4.90 Å². The number of nitrogens with one attached hydrogen (secondary N) is 2. The summed E-state index contributed by atoms with van der Waals surface area (Å²) in [6.07, 6.45) is 3.36. The Morgan fingerprint density at radius 3 is 2.63 bits per heavy atom. The Balaban J connectivity index is 1.56. The van der Waals surface area contributed by atoms with E-state index in [9.17, 15) is 9.65 Å². The van der Waals surface area contributed by atoms with Crippen molar-refractivity contribution < 1.29 is 4.39 Å². The number of hydrogen-bond acceptors (Lipinski definition) is 9. The van der Waals surface area contributed by atoms with E-state index in [1.54, 1.807) is 0 Å². The van der Waals surface area contributed by atoms with Gasteiger partial charge in [0, 0.05) is 28.4 Å². The van der Waals surface area contributed by atoms with Crippen molar-refractivity contribution in [2.24, 2.45) is 0 Å². The van der Waals surface area contributed by atoms with E-state index >= 15 is 0 Å². The van der Waals surface area contributed by atoms with E-state index in [2.05, 4.69) is 81.8 Å². The Labute approximate surface area is 204 Å². The van der Waals surface area contributed by atoms with Crippen molar-refractivity contribution in [3.63, 3.8) is 0 Å². The third-order valence-corrected chi connectivity index (χ3v) is 6.76. The summed E-state index contributed by atoms with van der Waals surface area (Å²) in [5.41, 5.74) is 1.84. The van der Waals surface area contributed by atoms with Gasteiger partial charge in [0.15, 0.2) is 5.82 Å². The monoisotopic (exact) mass is 478 g/mol. The minimum absolute atomic E-state index is 0.00165. The summed E-state index contributed by atoms with van der Waals surface area (Å²) < 4.78 is 14.2. The SMILES string of the molecule is CN1C(C)(C)CC(Nc2nc(Nc3cccc(-c4nnnn4CCF)c3)ncc2C#N)CC1(C)C. The van der Waals surface area contributed by atoms with Crippen molar-refractivity contribution in [3.05, 3.63) is 36.0 Å². The maximum absolute atomic E-state index is 12.8. The molecule has 4 rings (SSSR count). The largest absolute Gasteiger partial charge is 0.366 e. The van der Waals surface area contributed by atoms with Gasteiger partial charge in [-0.15, -0.1) is 5.10 Å². The third-order valence-electron chi connectivity index (χ3n) is 6.76. The molecule has 1 aliphatic rings. The molecule has 0 bridgehead atoms. The first-order valence-electron chi connectivity index (χ1n) is 11.6. The number of aryl methyl sites for hydroxylation is 1. The van der Waals surface area contributed by atoms with Crippen LogP contribution in [0.4, 0.5) is 21.8 Å². The Morgan fingerprint density at radius 1 is 1.20 bits per heavy atom. The van der Waals surface area contributed by atoms with E-state index in [4.69, 9.17) is 0 Å². The molecule has 0 radical (unpaired) electrons. The van der Waals surface area contributed by atoms with Gasteiger partial charge in [-0.25, -0.2) is 14.1 Å². The maximum Gasteiger partial charge on any atom is 0.229 e. The number of nitrogens with zero attached hydrogens (tertiary/aromatic N) is 8. The van der Waals surface area contributed by atoms with Crippen LogP contribution >= 0.6 is 0 Å². The number of hydrogen-bond donors (Lipinski definition) is 2. The van der Waals surface area contributed by atoms with Crippen LogP contribution in [-0.4, -0.2) is 65.9 Å². The highest BCUT2D eigenvalue weighted by Gasteiger charge is 2.43. The van der Waals surface area contributed by atoms with E-state index in [0.29, 0.717) is 23.2 Å². The van der Waals surface area contributed by atoms with E-state index in [1.165, 1.54) is 10.9 Å². The second kappa shape index (κ2) is 9.54. The van der Waals surface area contributed by atoms with E-state index < -0.39 is 6.67 Å². The first-order valence-corrected chi connectivity index (χ1v) is 11.6. The van der Waals surface area contributed by atoms with Crippen molar-refractivity contribution in [1.29, 1.82) is 5.26 Å². The molecule has 1 saturated heterocycles. The van der Waals surface area contributed by atoms with Crippen LogP contribution in [0.5, 0.6) is 0 Å². The molecule has 0 unspecified atom stereocenters. The number of alkyl halides is 1. The summed E-state index contributed by atoms with van der Waals surface area (Å²) in [4.78, 5) is 11.4. The molecule has 0 aliphatic carbocycles. The van der Waals surface area contributed by atoms with Crippen molar-refractivity contribution in [3.8, 4) is 17.5 Å². The first-order chi connectivity index (χ1) is 16.6. The second-order valence-corrected chi connectivity index (χ2v) is 10.1. The molecular formula is C24H31FN10. The van der Waals surface area contributed by atoms with Crippen LogP contribution in [0, 0.1) is 11.3 Å². The lowest BCUT2D eigenvalue weighted by Crippen LogP contribution is -2.61. The molecule has 0 atom stereocenters. The van der Waals surface area contributed by atoms with Crippen LogP contribution in [-0.2, 0) is 6.54 Å². The minimum atomic E-state index is -0.559. The fourth-order valence-corrected chi connectivity index (χ4v) is 4.81. The summed E-state index contributed by atoms with van der Waals surface area (Å²) in [6.45, 7) is 8.46. The van der Waals surface area contributed by atoms with E-state index in [0.717, 1.165) is 24.1 Å². The van der Waals surface area contributed by atoms with E-state index in [1.807, 2.05) is 24.3 Å². The number of tetrazole rings is 1. The highest BCUT2D eigenvalue weighted by molar-refractivity contribution is 5.66. The average Bonchev–Trinajstić information content (AvgIpc) is 3.26. The molecule has 35 heavy (non-hydrogen) atoms. The van der Waals surface area contributed by atoms with Crippen molar-refractivity contribution >= 4 is 17.5 Å². The summed E-state index contributed by atoms with van der Waals surface area (Å²) in [6, 6.07) is 9.75. The van der Waals surface area contributed by atoms with Crippen molar-refractivity contribution in [1.82, 2.24) is 35.1 Å². The van der Waals surface area contributed by atoms with Gasteiger partial charge in [-0.05, 0) is 70.1 Å². The first kappa shape index (κ1) is 24.5. The predicted octanol–water partition coefficient (Wildman–Crippen LogP) is 3.78. The molecule has 3 heterocycles. The average molecular weight is 479 g/mol. The molecule has 1 aromatic carbocycles.